The van der Waals surface area contributed by atoms with Gasteiger partial charge >= 0.3 is 0 Å². The first-order valence-electron chi connectivity index (χ1n) is 4.59. The molecule has 0 aliphatic heterocycles. The first-order valence-corrected chi connectivity index (χ1v) is 4.59. The van der Waals surface area contributed by atoms with Crippen molar-refractivity contribution in [2.75, 3.05) is 0 Å². The van der Waals surface area contributed by atoms with E-state index >= 15 is 0 Å². The Kier molecular flexibility index (Phi) is 1.92. The van der Waals surface area contributed by atoms with Crippen LogP contribution in [0.25, 0.3) is 11.0 Å². The largest absolute Gasteiger partial charge is 0.460 e. The Morgan fingerprint density at radius 2 is 1.79 bits per heavy atom. The van der Waals surface area contributed by atoms with Gasteiger partial charge in [-0.15, -0.1) is 0 Å². The van der Waals surface area contributed by atoms with Gasteiger partial charge in [-0.25, -0.2) is 0 Å². The fourth-order valence-corrected chi connectivity index (χ4v) is 1.78. The second kappa shape index (κ2) is 2.98. The van der Waals surface area contributed by atoms with Crippen LogP contribution in [-0.4, -0.2) is 6.29 Å². The van der Waals surface area contributed by atoms with Gasteiger partial charge in [-0.2, -0.15) is 0 Å². The molecule has 0 saturated heterocycles. The van der Waals surface area contributed by atoms with Crippen molar-refractivity contribution in [1.29, 1.82) is 0 Å². The maximum atomic E-state index is 10.9. The summed E-state index contributed by atoms with van der Waals surface area (Å²) in [6.45, 7) is 5.80. The number of hydrogen-bond donors (Lipinski definition) is 0. The zero-order valence-corrected chi connectivity index (χ0v) is 8.55. The van der Waals surface area contributed by atoms with Crippen molar-refractivity contribution in [2.45, 2.75) is 20.8 Å². The summed E-state index contributed by atoms with van der Waals surface area (Å²) >= 11 is 0. The highest BCUT2D eigenvalue weighted by molar-refractivity contribution is 6.00. The zero-order chi connectivity index (χ0) is 10.3. The Labute approximate surface area is 82.5 Å². The quantitative estimate of drug-likeness (QED) is 0.643. The lowest BCUT2D eigenvalue weighted by Crippen LogP contribution is -1.83. The topological polar surface area (TPSA) is 30.2 Å². The van der Waals surface area contributed by atoms with E-state index in [1.165, 1.54) is 0 Å². The van der Waals surface area contributed by atoms with Crippen molar-refractivity contribution in [3.8, 4) is 0 Å². The summed E-state index contributed by atoms with van der Waals surface area (Å²) in [4.78, 5) is 10.9. The van der Waals surface area contributed by atoms with E-state index in [0.717, 1.165) is 28.4 Å². The van der Waals surface area contributed by atoms with E-state index in [-0.39, 0.29) is 0 Å². The van der Waals surface area contributed by atoms with Gasteiger partial charge in [0.05, 0.1) is 5.56 Å². The number of fused-ring (bicyclic) bond motifs is 1. The Hall–Kier alpha value is -1.57. The van der Waals surface area contributed by atoms with Gasteiger partial charge in [0.1, 0.15) is 11.3 Å². The van der Waals surface area contributed by atoms with Gasteiger partial charge in [0, 0.05) is 5.39 Å². The first-order chi connectivity index (χ1) is 6.65. The third-order valence-electron chi connectivity index (χ3n) is 2.58. The van der Waals surface area contributed by atoms with Gasteiger partial charge in [0.15, 0.2) is 6.29 Å². The molecule has 0 atom stereocenters. The summed E-state index contributed by atoms with van der Waals surface area (Å²) < 4.78 is 5.57. The van der Waals surface area contributed by atoms with Crippen LogP contribution in [0.5, 0.6) is 0 Å². The minimum atomic E-state index is 0.682. The van der Waals surface area contributed by atoms with E-state index in [1.54, 1.807) is 0 Å². The highest BCUT2D eigenvalue weighted by atomic mass is 16.3. The molecule has 0 spiro atoms. The van der Waals surface area contributed by atoms with E-state index in [4.69, 9.17) is 4.42 Å². The lowest BCUT2D eigenvalue weighted by Gasteiger charge is -1.98. The molecule has 0 amide bonds. The monoisotopic (exact) mass is 188 g/mol. The van der Waals surface area contributed by atoms with Crippen LogP contribution in [0.1, 0.15) is 27.2 Å². The maximum absolute atomic E-state index is 10.9. The molecule has 1 aromatic carbocycles. The molecule has 2 rings (SSSR count). The minimum absolute atomic E-state index is 0.682. The number of hydrogen-bond acceptors (Lipinski definition) is 2. The van der Waals surface area contributed by atoms with Crippen molar-refractivity contribution in [3.05, 3.63) is 34.6 Å². The van der Waals surface area contributed by atoms with E-state index in [0.29, 0.717) is 11.3 Å². The van der Waals surface area contributed by atoms with E-state index < -0.39 is 0 Å². The first kappa shape index (κ1) is 9.00. The number of aldehydes is 1. The highest BCUT2D eigenvalue weighted by Gasteiger charge is 2.13. The molecule has 0 unspecified atom stereocenters. The summed E-state index contributed by atoms with van der Waals surface area (Å²) in [5.74, 6) is 0.701. The molecule has 14 heavy (non-hydrogen) atoms. The van der Waals surface area contributed by atoms with Gasteiger partial charge in [-0.05, 0) is 31.9 Å². The lowest BCUT2D eigenvalue weighted by atomic mass is 10.0. The van der Waals surface area contributed by atoms with Crippen LogP contribution in [0.15, 0.2) is 16.5 Å². The molecule has 0 saturated carbocycles. The van der Waals surface area contributed by atoms with Crippen molar-refractivity contribution in [3.63, 3.8) is 0 Å². The van der Waals surface area contributed by atoms with Crippen LogP contribution in [0, 0.1) is 20.8 Å². The van der Waals surface area contributed by atoms with Crippen LogP contribution in [-0.2, 0) is 0 Å². The van der Waals surface area contributed by atoms with Crippen molar-refractivity contribution in [2.24, 2.45) is 0 Å². The zero-order valence-electron chi connectivity index (χ0n) is 8.55. The standard InChI is InChI=1S/C12H12O2/c1-7-4-5-8(2)12-11(7)10(6-13)9(3)14-12/h4-6H,1-3H3. The van der Waals surface area contributed by atoms with E-state index in [2.05, 4.69) is 0 Å². The highest BCUT2D eigenvalue weighted by Crippen LogP contribution is 2.29. The smallest absolute Gasteiger partial charge is 0.154 e. The molecule has 0 radical (unpaired) electrons. The molecular formula is C12H12O2. The predicted molar refractivity (Wildman–Crippen MR) is 55.8 cm³/mol. The van der Waals surface area contributed by atoms with E-state index in [9.17, 15) is 4.79 Å². The second-order valence-electron chi connectivity index (χ2n) is 3.59. The number of rotatable bonds is 1. The summed E-state index contributed by atoms with van der Waals surface area (Å²) in [5.41, 5.74) is 3.68. The molecule has 2 nitrogen and oxygen atoms in total. The van der Waals surface area contributed by atoms with Crippen molar-refractivity contribution < 1.29 is 9.21 Å². The van der Waals surface area contributed by atoms with Crippen molar-refractivity contribution >= 4 is 17.3 Å². The van der Waals surface area contributed by atoms with Gasteiger partial charge in [-0.3, -0.25) is 4.79 Å². The van der Waals surface area contributed by atoms with Crippen LogP contribution in [0.4, 0.5) is 0 Å². The Morgan fingerprint density at radius 1 is 1.14 bits per heavy atom. The molecule has 0 fully saturated rings. The summed E-state index contributed by atoms with van der Waals surface area (Å²) in [5, 5.41) is 0.956. The molecule has 1 heterocycles. The Balaban J connectivity index is 3.00. The van der Waals surface area contributed by atoms with Crippen LogP contribution in [0.3, 0.4) is 0 Å². The molecule has 1 aromatic heterocycles. The number of aryl methyl sites for hydroxylation is 3. The molecule has 0 N–H and O–H groups in total. The van der Waals surface area contributed by atoms with E-state index in [1.807, 2.05) is 32.9 Å². The summed E-state index contributed by atoms with van der Waals surface area (Å²) in [6.07, 6.45) is 0.869. The van der Waals surface area contributed by atoms with Crippen LogP contribution in [0.2, 0.25) is 0 Å². The summed E-state index contributed by atoms with van der Waals surface area (Å²) in [6, 6.07) is 4.02. The van der Waals surface area contributed by atoms with Gasteiger partial charge in [0.25, 0.3) is 0 Å². The van der Waals surface area contributed by atoms with Crippen LogP contribution < -0.4 is 0 Å². The molecule has 0 aliphatic carbocycles. The number of furan rings is 1. The SMILES string of the molecule is Cc1oc2c(C)ccc(C)c2c1C=O. The fourth-order valence-electron chi connectivity index (χ4n) is 1.78. The van der Waals surface area contributed by atoms with Gasteiger partial charge in [0.2, 0.25) is 0 Å². The van der Waals surface area contributed by atoms with Crippen molar-refractivity contribution in [1.82, 2.24) is 0 Å². The number of benzene rings is 1. The number of carbonyl (C=O) groups is 1. The predicted octanol–water partition coefficient (Wildman–Crippen LogP) is 3.17. The average Bonchev–Trinajstić information content (AvgIpc) is 2.50. The average molecular weight is 188 g/mol. The second-order valence-corrected chi connectivity index (χ2v) is 3.59. The minimum Gasteiger partial charge on any atom is -0.460 e. The molecular weight excluding hydrogens is 176 g/mol. The molecule has 2 aromatic rings. The van der Waals surface area contributed by atoms with Gasteiger partial charge in [-0.1, -0.05) is 12.1 Å². The third-order valence-corrected chi connectivity index (χ3v) is 2.58. The van der Waals surface area contributed by atoms with Gasteiger partial charge < -0.3 is 4.42 Å². The lowest BCUT2D eigenvalue weighted by molar-refractivity contribution is 0.112. The summed E-state index contributed by atoms with van der Waals surface area (Å²) in [7, 11) is 0. The number of carbonyl (C=O) groups excluding carboxylic acids is 1. The molecule has 2 heteroatoms. The molecule has 72 valence electrons. The Morgan fingerprint density at radius 3 is 2.43 bits per heavy atom. The molecule has 0 bridgehead atoms. The molecule has 0 aliphatic rings. The maximum Gasteiger partial charge on any atom is 0.154 e. The third kappa shape index (κ3) is 1.07. The van der Waals surface area contributed by atoms with Crippen LogP contribution >= 0.6 is 0 Å². The normalized spacial score (nSPS) is 10.8. The Bertz CT molecular complexity index is 507. The fraction of sp³-hybridized carbons (Fsp3) is 0.250.